The van der Waals surface area contributed by atoms with Gasteiger partial charge in [-0.25, -0.2) is 0 Å². The molecule has 2 amide bonds. The Morgan fingerprint density at radius 1 is 1.47 bits per heavy atom. The maximum Gasteiger partial charge on any atom is 0.323 e. The SMILES string of the molecule is CCC(N)[C@H]1C(=O)N(CC(=O)O)CCN1C(=O)CN. The van der Waals surface area contributed by atoms with Crippen molar-refractivity contribution in [3.63, 3.8) is 0 Å². The van der Waals surface area contributed by atoms with Crippen molar-refractivity contribution >= 4 is 17.8 Å². The van der Waals surface area contributed by atoms with Crippen molar-refractivity contribution in [2.45, 2.75) is 25.4 Å². The molecule has 0 spiro atoms. The predicted molar refractivity (Wildman–Crippen MR) is 67.0 cm³/mol. The Labute approximate surface area is 111 Å². The topological polar surface area (TPSA) is 130 Å². The summed E-state index contributed by atoms with van der Waals surface area (Å²) in [5.74, 6) is -1.86. The molecule has 1 fully saturated rings. The molecule has 1 unspecified atom stereocenters. The molecule has 0 aliphatic carbocycles. The lowest BCUT2D eigenvalue weighted by Crippen LogP contribution is -2.65. The molecule has 1 rings (SSSR count). The van der Waals surface area contributed by atoms with Crippen LogP contribution in [0.2, 0.25) is 0 Å². The molecule has 5 N–H and O–H groups in total. The van der Waals surface area contributed by atoms with Crippen molar-refractivity contribution in [2.75, 3.05) is 26.2 Å². The highest BCUT2D eigenvalue weighted by Crippen LogP contribution is 2.15. The molecule has 1 heterocycles. The van der Waals surface area contributed by atoms with E-state index in [-0.39, 0.29) is 32.1 Å². The first-order valence-electron chi connectivity index (χ1n) is 6.18. The molecule has 0 aromatic rings. The summed E-state index contributed by atoms with van der Waals surface area (Å²) >= 11 is 0. The van der Waals surface area contributed by atoms with Crippen molar-refractivity contribution in [3.8, 4) is 0 Å². The number of nitrogens with two attached hydrogens (primary N) is 2. The second kappa shape index (κ2) is 6.48. The summed E-state index contributed by atoms with van der Waals surface area (Å²) in [5, 5.41) is 8.76. The number of aliphatic carboxylic acids is 1. The Kier molecular flexibility index (Phi) is 5.25. The van der Waals surface area contributed by atoms with E-state index < -0.39 is 24.0 Å². The van der Waals surface area contributed by atoms with Crippen LogP contribution in [0.1, 0.15) is 13.3 Å². The van der Waals surface area contributed by atoms with Crippen LogP contribution in [0.15, 0.2) is 0 Å². The van der Waals surface area contributed by atoms with Gasteiger partial charge in [0.15, 0.2) is 0 Å². The van der Waals surface area contributed by atoms with E-state index in [4.69, 9.17) is 16.6 Å². The molecule has 0 saturated carbocycles. The Balaban J connectivity index is 2.93. The Hall–Kier alpha value is -1.67. The smallest absolute Gasteiger partial charge is 0.323 e. The molecule has 0 radical (unpaired) electrons. The van der Waals surface area contributed by atoms with Crippen LogP contribution >= 0.6 is 0 Å². The zero-order chi connectivity index (χ0) is 14.6. The number of amides is 2. The van der Waals surface area contributed by atoms with Crippen LogP contribution in [0, 0.1) is 0 Å². The van der Waals surface area contributed by atoms with Crippen LogP contribution in [0.4, 0.5) is 0 Å². The summed E-state index contributed by atoms with van der Waals surface area (Å²) in [6, 6.07) is -1.35. The summed E-state index contributed by atoms with van der Waals surface area (Å²) < 4.78 is 0. The van der Waals surface area contributed by atoms with E-state index in [2.05, 4.69) is 0 Å². The standard InChI is InChI=1S/C11H20N4O4/c1-2-7(13)10-11(19)14(6-9(17)18)3-4-15(10)8(16)5-12/h7,10H,2-6,12-13H2,1H3,(H,17,18)/t7?,10-/m0/s1. The van der Waals surface area contributed by atoms with Crippen LogP contribution < -0.4 is 11.5 Å². The fourth-order valence-corrected chi connectivity index (χ4v) is 2.15. The van der Waals surface area contributed by atoms with E-state index in [1.54, 1.807) is 6.92 Å². The van der Waals surface area contributed by atoms with E-state index in [9.17, 15) is 14.4 Å². The van der Waals surface area contributed by atoms with Gasteiger partial charge in [-0.1, -0.05) is 6.92 Å². The van der Waals surface area contributed by atoms with Gasteiger partial charge in [-0.05, 0) is 6.42 Å². The largest absolute Gasteiger partial charge is 0.480 e. The van der Waals surface area contributed by atoms with E-state index in [0.717, 1.165) is 0 Å². The lowest BCUT2D eigenvalue weighted by molar-refractivity contribution is -0.155. The Morgan fingerprint density at radius 3 is 2.58 bits per heavy atom. The molecule has 8 heteroatoms. The molecule has 1 saturated heterocycles. The van der Waals surface area contributed by atoms with Crippen molar-refractivity contribution in [1.82, 2.24) is 9.80 Å². The van der Waals surface area contributed by atoms with E-state index in [0.29, 0.717) is 6.42 Å². The third-order valence-corrected chi connectivity index (χ3v) is 3.21. The van der Waals surface area contributed by atoms with E-state index in [1.165, 1.54) is 9.80 Å². The fourth-order valence-electron chi connectivity index (χ4n) is 2.15. The number of hydrogen-bond acceptors (Lipinski definition) is 5. The van der Waals surface area contributed by atoms with Crippen molar-refractivity contribution < 1.29 is 19.5 Å². The highest BCUT2D eigenvalue weighted by atomic mass is 16.4. The van der Waals surface area contributed by atoms with Crippen LogP contribution in [-0.2, 0) is 14.4 Å². The number of carboxylic acids is 1. The van der Waals surface area contributed by atoms with Gasteiger partial charge >= 0.3 is 5.97 Å². The number of hydrogen-bond donors (Lipinski definition) is 3. The quantitative estimate of drug-likeness (QED) is 0.521. The first-order chi connectivity index (χ1) is 8.92. The molecule has 1 aliphatic heterocycles. The predicted octanol–water partition coefficient (Wildman–Crippen LogP) is -2.19. The monoisotopic (exact) mass is 272 g/mol. The molecular formula is C11H20N4O4. The van der Waals surface area contributed by atoms with Gasteiger partial charge in [0, 0.05) is 19.1 Å². The number of carbonyl (C=O) groups excluding carboxylic acids is 2. The molecule has 1 aliphatic rings. The number of piperazine rings is 1. The molecule has 0 aromatic carbocycles. The van der Waals surface area contributed by atoms with Gasteiger partial charge in [-0.15, -0.1) is 0 Å². The van der Waals surface area contributed by atoms with Crippen LogP contribution in [0.25, 0.3) is 0 Å². The summed E-state index contributed by atoms with van der Waals surface area (Å²) in [5.41, 5.74) is 11.2. The lowest BCUT2D eigenvalue weighted by atomic mass is 10.0. The van der Waals surface area contributed by atoms with Crippen molar-refractivity contribution in [3.05, 3.63) is 0 Å². The van der Waals surface area contributed by atoms with Crippen LogP contribution in [-0.4, -0.2) is 71.0 Å². The average Bonchev–Trinajstić information content (AvgIpc) is 2.38. The summed E-state index contributed by atoms with van der Waals surface area (Å²) in [4.78, 5) is 37.2. The van der Waals surface area contributed by atoms with Gasteiger partial charge < -0.3 is 26.4 Å². The molecule has 19 heavy (non-hydrogen) atoms. The normalized spacial score (nSPS) is 21.4. The van der Waals surface area contributed by atoms with Gasteiger partial charge in [0.2, 0.25) is 11.8 Å². The maximum absolute atomic E-state index is 12.2. The van der Waals surface area contributed by atoms with Crippen LogP contribution in [0.3, 0.4) is 0 Å². The summed E-state index contributed by atoms with van der Waals surface area (Å²) in [7, 11) is 0. The zero-order valence-electron chi connectivity index (χ0n) is 10.9. The molecule has 0 aromatic heterocycles. The second-order valence-electron chi connectivity index (χ2n) is 4.46. The van der Waals surface area contributed by atoms with Crippen LogP contribution in [0.5, 0.6) is 0 Å². The second-order valence-corrected chi connectivity index (χ2v) is 4.46. The van der Waals surface area contributed by atoms with Gasteiger partial charge in [0.05, 0.1) is 6.54 Å². The summed E-state index contributed by atoms with van der Waals surface area (Å²) in [6.07, 6.45) is 0.506. The number of rotatable bonds is 5. The highest BCUT2D eigenvalue weighted by molar-refractivity contribution is 5.91. The van der Waals surface area contributed by atoms with Crippen molar-refractivity contribution in [2.24, 2.45) is 11.5 Å². The maximum atomic E-state index is 12.2. The first kappa shape index (κ1) is 15.4. The Morgan fingerprint density at radius 2 is 2.11 bits per heavy atom. The summed E-state index contributed by atoms with van der Waals surface area (Å²) in [6.45, 7) is 1.67. The minimum Gasteiger partial charge on any atom is -0.480 e. The number of carbonyl (C=O) groups is 3. The third-order valence-electron chi connectivity index (χ3n) is 3.21. The zero-order valence-corrected chi connectivity index (χ0v) is 10.9. The van der Waals surface area contributed by atoms with Crippen molar-refractivity contribution in [1.29, 1.82) is 0 Å². The minimum atomic E-state index is -1.09. The van der Waals surface area contributed by atoms with Gasteiger partial charge in [0.25, 0.3) is 0 Å². The van der Waals surface area contributed by atoms with Gasteiger partial charge in [0.1, 0.15) is 12.6 Å². The minimum absolute atomic E-state index is 0.184. The van der Waals surface area contributed by atoms with E-state index in [1.807, 2.05) is 0 Å². The Bertz CT molecular complexity index is 374. The molecular weight excluding hydrogens is 252 g/mol. The molecule has 2 atom stereocenters. The fraction of sp³-hybridized carbons (Fsp3) is 0.727. The number of nitrogens with zero attached hydrogens (tertiary/aromatic N) is 2. The average molecular weight is 272 g/mol. The molecule has 8 nitrogen and oxygen atoms in total. The first-order valence-corrected chi connectivity index (χ1v) is 6.18. The van der Waals surface area contributed by atoms with E-state index >= 15 is 0 Å². The highest BCUT2D eigenvalue weighted by Gasteiger charge is 2.40. The third kappa shape index (κ3) is 3.42. The molecule has 0 bridgehead atoms. The lowest BCUT2D eigenvalue weighted by Gasteiger charge is -2.42. The van der Waals surface area contributed by atoms with Gasteiger partial charge in [-0.3, -0.25) is 14.4 Å². The van der Waals surface area contributed by atoms with Gasteiger partial charge in [-0.2, -0.15) is 0 Å². The molecule has 108 valence electrons. The number of carboxylic acid groups (broad SMARTS) is 1.